The molecule has 3 rings (SSSR count). The van der Waals surface area contributed by atoms with Crippen LogP contribution < -0.4 is 4.74 Å². The standard InChI is InChI=1S/C18H21NO4/c1-13-6-4-5-9-19(13)17(20)12-23-18(21)15-10-14-7-2-3-8-16(14)22-11-15/h2-3,7-8,10,13H,4-6,9,11-12H2,1H3/t13-/m0/s1. The molecule has 1 aromatic rings. The van der Waals surface area contributed by atoms with Crippen LogP contribution in [0, 0.1) is 0 Å². The summed E-state index contributed by atoms with van der Waals surface area (Å²) in [6, 6.07) is 7.72. The fraction of sp³-hybridized carbons (Fsp3) is 0.444. The van der Waals surface area contributed by atoms with Gasteiger partial charge in [0.25, 0.3) is 5.91 Å². The zero-order valence-corrected chi connectivity index (χ0v) is 13.3. The third kappa shape index (κ3) is 3.55. The van der Waals surface area contributed by atoms with Gasteiger partial charge in [-0.3, -0.25) is 4.79 Å². The Morgan fingerprint density at radius 3 is 2.96 bits per heavy atom. The van der Waals surface area contributed by atoms with E-state index in [9.17, 15) is 9.59 Å². The number of hydrogen-bond donors (Lipinski definition) is 0. The molecule has 1 atom stereocenters. The van der Waals surface area contributed by atoms with Gasteiger partial charge in [0.2, 0.25) is 0 Å². The second-order valence-electron chi connectivity index (χ2n) is 6.00. The van der Waals surface area contributed by atoms with Gasteiger partial charge in [-0.1, -0.05) is 18.2 Å². The summed E-state index contributed by atoms with van der Waals surface area (Å²) >= 11 is 0. The molecule has 5 nitrogen and oxygen atoms in total. The monoisotopic (exact) mass is 315 g/mol. The summed E-state index contributed by atoms with van der Waals surface area (Å²) in [5, 5.41) is 0. The third-order valence-corrected chi connectivity index (χ3v) is 4.34. The highest BCUT2D eigenvalue weighted by atomic mass is 16.5. The fourth-order valence-electron chi connectivity index (χ4n) is 3.01. The lowest BCUT2D eigenvalue weighted by molar-refractivity contribution is -0.150. The minimum absolute atomic E-state index is 0.122. The molecule has 0 aliphatic carbocycles. The van der Waals surface area contributed by atoms with Crippen LogP contribution in [0.5, 0.6) is 5.75 Å². The third-order valence-electron chi connectivity index (χ3n) is 4.34. The van der Waals surface area contributed by atoms with Crippen LogP contribution in [0.15, 0.2) is 29.8 Å². The first-order valence-electron chi connectivity index (χ1n) is 8.04. The number of hydrogen-bond acceptors (Lipinski definition) is 4. The average Bonchev–Trinajstić information content (AvgIpc) is 2.59. The Labute approximate surface area is 135 Å². The topological polar surface area (TPSA) is 55.8 Å². The average molecular weight is 315 g/mol. The minimum atomic E-state index is -0.488. The molecule has 1 aromatic carbocycles. The van der Waals surface area contributed by atoms with Crippen molar-refractivity contribution in [2.24, 2.45) is 0 Å². The van der Waals surface area contributed by atoms with Crippen molar-refractivity contribution < 1.29 is 19.1 Å². The van der Waals surface area contributed by atoms with Gasteiger partial charge in [-0.05, 0) is 38.3 Å². The molecule has 0 radical (unpaired) electrons. The van der Waals surface area contributed by atoms with Crippen LogP contribution in [0.3, 0.4) is 0 Å². The number of benzene rings is 1. The van der Waals surface area contributed by atoms with Gasteiger partial charge in [0.15, 0.2) is 6.61 Å². The van der Waals surface area contributed by atoms with Gasteiger partial charge < -0.3 is 14.4 Å². The SMILES string of the molecule is C[C@H]1CCCCN1C(=O)COC(=O)C1=Cc2ccccc2OC1. The Kier molecular flexibility index (Phi) is 4.65. The van der Waals surface area contributed by atoms with E-state index in [0.717, 1.165) is 37.1 Å². The van der Waals surface area contributed by atoms with Gasteiger partial charge in [-0.15, -0.1) is 0 Å². The maximum atomic E-state index is 12.2. The lowest BCUT2D eigenvalue weighted by Crippen LogP contribution is -2.44. The first-order chi connectivity index (χ1) is 11.1. The number of esters is 1. The Morgan fingerprint density at radius 1 is 1.30 bits per heavy atom. The van der Waals surface area contributed by atoms with Gasteiger partial charge in [-0.2, -0.15) is 0 Å². The number of amides is 1. The van der Waals surface area contributed by atoms with Crippen molar-refractivity contribution in [3.63, 3.8) is 0 Å². The molecule has 2 aliphatic heterocycles. The van der Waals surface area contributed by atoms with Gasteiger partial charge >= 0.3 is 5.97 Å². The van der Waals surface area contributed by atoms with Crippen molar-refractivity contribution in [2.75, 3.05) is 19.8 Å². The Bertz CT molecular complexity index is 638. The van der Waals surface area contributed by atoms with Gasteiger partial charge in [0, 0.05) is 18.2 Å². The van der Waals surface area contributed by atoms with Crippen molar-refractivity contribution in [3.05, 3.63) is 35.4 Å². The molecule has 1 amide bonds. The number of likely N-dealkylation sites (tertiary alicyclic amines) is 1. The predicted molar refractivity (Wildman–Crippen MR) is 85.9 cm³/mol. The van der Waals surface area contributed by atoms with E-state index in [1.807, 2.05) is 31.2 Å². The summed E-state index contributed by atoms with van der Waals surface area (Å²) in [4.78, 5) is 26.1. The maximum Gasteiger partial charge on any atom is 0.338 e. The zero-order valence-electron chi connectivity index (χ0n) is 13.3. The van der Waals surface area contributed by atoms with Crippen molar-refractivity contribution in [3.8, 4) is 5.75 Å². The molecule has 0 unspecified atom stereocenters. The molecule has 0 saturated carbocycles. The number of rotatable bonds is 3. The molecule has 5 heteroatoms. The van der Waals surface area contributed by atoms with E-state index < -0.39 is 5.97 Å². The highest BCUT2D eigenvalue weighted by Crippen LogP contribution is 2.26. The van der Waals surface area contributed by atoms with E-state index in [4.69, 9.17) is 9.47 Å². The number of fused-ring (bicyclic) bond motifs is 1. The summed E-state index contributed by atoms with van der Waals surface area (Å²) in [5.41, 5.74) is 1.28. The van der Waals surface area contributed by atoms with E-state index in [-0.39, 0.29) is 25.2 Å². The first-order valence-corrected chi connectivity index (χ1v) is 8.04. The second-order valence-corrected chi connectivity index (χ2v) is 6.00. The molecule has 2 aliphatic rings. The number of ether oxygens (including phenoxy) is 2. The van der Waals surface area contributed by atoms with E-state index in [2.05, 4.69) is 0 Å². The maximum absolute atomic E-state index is 12.2. The van der Waals surface area contributed by atoms with Crippen LogP contribution in [0.4, 0.5) is 0 Å². The molecule has 2 heterocycles. The number of carbonyl (C=O) groups excluding carboxylic acids is 2. The van der Waals surface area contributed by atoms with Crippen LogP contribution in [-0.2, 0) is 14.3 Å². The smallest absolute Gasteiger partial charge is 0.338 e. The van der Waals surface area contributed by atoms with Gasteiger partial charge in [0.1, 0.15) is 12.4 Å². The molecule has 122 valence electrons. The molecule has 1 fully saturated rings. The number of nitrogens with zero attached hydrogens (tertiary/aromatic N) is 1. The van der Waals surface area contributed by atoms with Crippen LogP contribution in [0.1, 0.15) is 31.7 Å². The summed E-state index contributed by atoms with van der Waals surface area (Å²) in [6.45, 7) is 2.75. The minimum Gasteiger partial charge on any atom is -0.488 e. The number of carbonyl (C=O) groups is 2. The molecular weight excluding hydrogens is 294 g/mol. The predicted octanol–water partition coefficient (Wildman–Crippen LogP) is 2.41. The van der Waals surface area contributed by atoms with Crippen molar-refractivity contribution in [2.45, 2.75) is 32.2 Å². The van der Waals surface area contributed by atoms with Gasteiger partial charge in [-0.25, -0.2) is 4.79 Å². The lowest BCUT2D eigenvalue weighted by Gasteiger charge is -2.33. The highest BCUT2D eigenvalue weighted by Gasteiger charge is 2.25. The Morgan fingerprint density at radius 2 is 2.13 bits per heavy atom. The summed E-state index contributed by atoms with van der Waals surface area (Å²) in [5.74, 6) is 0.142. The van der Waals surface area contributed by atoms with E-state index >= 15 is 0 Å². The van der Waals surface area contributed by atoms with Crippen LogP contribution in [0.25, 0.3) is 6.08 Å². The normalized spacial score (nSPS) is 20.1. The van der Waals surface area contributed by atoms with E-state index in [1.165, 1.54) is 0 Å². The van der Waals surface area contributed by atoms with Crippen molar-refractivity contribution in [1.29, 1.82) is 0 Å². The lowest BCUT2D eigenvalue weighted by atomic mass is 10.0. The Hall–Kier alpha value is -2.30. The first kappa shape index (κ1) is 15.6. The molecule has 0 aromatic heterocycles. The zero-order chi connectivity index (χ0) is 16.2. The number of para-hydroxylation sites is 1. The Balaban J connectivity index is 1.58. The summed E-state index contributed by atoms with van der Waals surface area (Å²) in [6.07, 6.45) is 4.93. The molecule has 23 heavy (non-hydrogen) atoms. The number of piperidine rings is 1. The van der Waals surface area contributed by atoms with Crippen LogP contribution in [-0.4, -0.2) is 42.6 Å². The van der Waals surface area contributed by atoms with Crippen molar-refractivity contribution >= 4 is 18.0 Å². The van der Waals surface area contributed by atoms with Gasteiger partial charge in [0.05, 0.1) is 5.57 Å². The molecule has 0 spiro atoms. The summed E-state index contributed by atoms with van der Waals surface area (Å²) < 4.78 is 10.7. The van der Waals surface area contributed by atoms with E-state index in [0.29, 0.717) is 5.57 Å². The molecular formula is C18H21NO4. The molecule has 0 N–H and O–H groups in total. The highest BCUT2D eigenvalue weighted by molar-refractivity contribution is 5.96. The van der Waals surface area contributed by atoms with Crippen LogP contribution >= 0.6 is 0 Å². The van der Waals surface area contributed by atoms with Crippen molar-refractivity contribution in [1.82, 2.24) is 4.90 Å². The van der Waals surface area contributed by atoms with E-state index in [1.54, 1.807) is 11.0 Å². The fourth-order valence-corrected chi connectivity index (χ4v) is 3.01. The molecule has 0 bridgehead atoms. The van der Waals surface area contributed by atoms with Crippen LogP contribution in [0.2, 0.25) is 0 Å². The molecule has 1 saturated heterocycles. The summed E-state index contributed by atoms with van der Waals surface area (Å²) in [7, 11) is 0. The largest absolute Gasteiger partial charge is 0.488 e. The quantitative estimate of drug-likeness (QED) is 0.804. The second kappa shape index (κ2) is 6.86.